The molecule has 0 aromatic heterocycles. The number of benzene rings is 2. The molecule has 0 amide bonds. The zero-order valence-electron chi connectivity index (χ0n) is 9.94. The molecule has 0 aliphatic heterocycles. The molecule has 0 saturated carbocycles. The topological polar surface area (TPSA) is 0 Å². The minimum Gasteiger partial charge on any atom is -0.185 e. The molecule has 0 N–H and O–H groups in total. The van der Waals surface area contributed by atoms with E-state index in [0.717, 1.165) is 12.8 Å². The third kappa shape index (κ3) is 2.33. The van der Waals surface area contributed by atoms with Crippen LogP contribution in [0, 0.1) is 5.92 Å². The van der Waals surface area contributed by atoms with Gasteiger partial charge in [0.25, 0.3) is 0 Å². The predicted octanol–water partition coefficient (Wildman–Crippen LogP) is 3.77. The smallest absolute Gasteiger partial charge is 0 e. The molecule has 0 radical (unpaired) electrons. The van der Waals surface area contributed by atoms with Crippen molar-refractivity contribution < 1.29 is 21.1 Å². The molecule has 0 unspecified atom stereocenters. The molecule has 0 heterocycles. The fourth-order valence-electron chi connectivity index (χ4n) is 2.58. The molecule has 0 spiro atoms. The van der Waals surface area contributed by atoms with Crippen molar-refractivity contribution in [1.29, 1.82) is 0 Å². The van der Waals surface area contributed by atoms with Gasteiger partial charge in [0, 0.05) is 21.1 Å². The summed E-state index contributed by atoms with van der Waals surface area (Å²) >= 11 is 0. The van der Waals surface area contributed by atoms with E-state index in [1.54, 1.807) is 0 Å². The van der Waals surface area contributed by atoms with E-state index >= 15 is 0 Å². The summed E-state index contributed by atoms with van der Waals surface area (Å²) in [6, 6.07) is 17.6. The summed E-state index contributed by atoms with van der Waals surface area (Å²) in [5.41, 5.74) is 5.87. The Balaban J connectivity index is 0.00000108. The maximum atomic E-state index is 2.25. The molecule has 17 heavy (non-hydrogen) atoms. The summed E-state index contributed by atoms with van der Waals surface area (Å²) in [6.45, 7) is 2.25. The van der Waals surface area contributed by atoms with Crippen LogP contribution in [0.25, 0.3) is 0 Å². The molecule has 3 rings (SSSR count). The molecular weight excluding hydrogens is 376 g/mol. The van der Waals surface area contributed by atoms with Crippen LogP contribution in [0.5, 0.6) is 0 Å². The molecular formula is C16H15W-. The largest absolute Gasteiger partial charge is 0.185 e. The van der Waals surface area contributed by atoms with Gasteiger partial charge in [-0.05, 0) is 6.42 Å². The van der Waals surface area contributed by atoms with Crippen LogP contribution in [0.4, 0.5) is 0 Å². The second-order valence-electron chi connectivity index (χ2n) is 4.56. The number of hydrogen-bond donors (Lipinski definition) is 0. The van der Waals surface area contributed by atoms with Crippen molar-refractivity contribution in [2.24, 2.45) is 0 Å². The standard InChI is InChI=1S/C16H15.W/c1-12-10-13-6-2-3-7-14(13)11-15-8-4-5-9-16(12)15;/h2-9H,10-11H2,1H3;/q-1;. The van der Waals surface area contributed by atoms with Gasteiger partial charge in [-0.25, -0.2) is 0 Å². The first kappa shape index (κ1) is 12.5. The summed E-state index contributed by atoms with van der Waals surface area (Å²) in [6.07, 6.45) is 2.16. The number of hydrogen-bond acceptors (Lipinski definition) is 0. The zero-order valence-corrected chi connectivity index (χ0v) is 12.9. The van der Waals surface area contributed by atoms with Gasteiger partial charge in [-0.1, -0.05) is 54.8 Å². The van der Waals surface area contributed by atoms with Crippen LogP contribution >= 0.6 is 0 Å². The molecule has 2 aromatic carbocycles. The van der Waals surface area contributed by atoms with Gasteiger partial charge in [0.1, 0.15) is 0 Å². The monoisotopic (exact) mass is 391 g/mol. The van der Waals surface area contributed by atoms with Crippen LogP contribution in [-0.2, 0) is 33.9 Å². The fourth-order valence-corrected chi connectivity index (χ4v) is 2.58. The Morgan fingerprint density at radius 3 is 2.18 bits per heavy atom. The molecule has 1 aliphatic carbocycles. The predicted molar refractivity (Wildman–Crippen MR) is 67.4 cm³/mol. The Bertz CT molecular complexity index is 516. The van der Waals surface area contributed by atoms with Gasteiger partial charge in [0.15, 0.2) is 0 Å². The first-order valence-electron chi connectivity index (χ1n) is 5.82. The molecule has 0 bridgehead atoms. The molecule has 0 atom stereocenters. The molecule has 86 valence electrons. The van der Waals surface area contributed by atoms with Crippen molar-refractivity contribution in [1.82, 2.24) is 0 Å². The third-order valence-corrected chi connectivity index (χ3v) is 3.43. The molecule has 0 fully saturated rings. The average molecular weight is 391 g/mol. The Hall–Kier alpha value is -1.00. The van der Waals surface area contributed by atoms with Crippen molar-refractivity contribution in [2.45, 2.75) is 19.8 Å². The summed E-state index contributed by atoms with van der Waals surface area (Å²) < 4.78 is 0. The van der Waals surface area contributed by atoms with Crippen molar-refractivity contribution in [3.63, 3.8) is 0 Å². The molecule has 1 aliphatic rings. The minimum atomic E-state index is 0. The van der Waals surface area contributed by atoms with Gasteiger partial charge >= 0.3 is 0 Å². The molecule has 1 heteroatoms. The first-order chi connectivity index (χ1) is 7.84. The van der Waals surface area contributed by atoms with E-state index in [0.29, 0.717) is 0 Å². The maximum Gasteiger partial charge on any atom is 0 e. The third-order valence-electron chi connectivity index (χ3n) is 3.43. The maximum absolute atomic E-state index is 2.25. The Morgan fingerprint density at radius 2 is 1.41 bits per heavy atom. The quantitative estimate of drug-likeness (QED) is 0.600. The Labute approximate surface area is 117 Å². The average Bonchev–Trinajstić information content (AvgIpc) is 2.45. The SMILES string of the molecule is C[C-]1Cc2ccccc2Cc2ccccc21.[W]. The van der Waals surface area contributed by atoms with Crippen LogP contribution < -0.4 is 0 Å². The number of fused-ring (bicyclic) bond motifs is 2. The van der Waals surface area contributed by atoms with E-state index in [2.05, 4.69) is 55.5 Å². The van der Waals surface area contributed by atoms with E-state index in [-0.39, 0.29) is 21.1 Å². The van der Waals surface area contributed by atoms with Crippen LogP contribution in [-0.4, -0.2) is 0 Å². The van der Waals surface area contributed by atoms with Crippen LogP contribution in [0.2, 0.25) is 0 Å². The second kappa shape index (κ2) is 5.10. The molecule has 0 saturated heterocycles. The Kier molecular flexibility index (Phi) is 3.74. The van der Waals surface area contributed by atoms with Gasteiger partial charge in [-0.3, -0.25) is 0 Å². The van der Waals surface area contributed by atoms with Crippen molar-refractivity contribution in [3.05, 3.63) is 76.7 Å². The van der Waals surface area contributed by atoms with Crippen LogP contribution in [0.1, 0.15) is 29.2 Å². The van der Waals surface area contributed by atoms with Gasteiger partial charge in [0.05, 0.1) is 0 Å². The summed E-state index contributed by atoms with van der Waals surface area (Å²) in [7, 11) is 0. The summed E-state index contributed by atoms with van der Waals surface area (Å²) in [5, 5.41) is 0. The van der Waals surface area contributed by atoms with Gasteiger partial charge in [-0.2, -0.15) is 17.5 Å². The minimum absolute atomic E-state index is 0. The Morgan fingerprint density at radius 1 is 0.824 bits per heavy atom. The first-order valence-corrected chi connectivity index (χ1v) is 5.82. The number of rotatable bonds is 0. The molecule has 2 aromatic rings. The zero-order chi connectivity index (χ0) is 11.0. The van der Waals surface area contributed by atoms with Gasteiger partial charge in [0.2, 0.25) is 0 Å². The van der Waals surface area contributed by atoms with E-state index < -0.39 is 0 Å². The summed E-state index contributed by atoms with van der Waals surface area (Å²) in [4.78, 5) is 0. The normalized spacial score (nSPS) is 13.1. The van der Waals surface area contributed by atoms with E-state index in [1.165, 1.54) is 28.2 Å². The van der Waals surface area contributed by atoms with Gasteiger partial charge < -0.3 is 0 Å². The van der Waals surface area contributed by atoms with E-state index in [1.807, 2.05) is 0 Å². The second-order valence-corrected chi connectivity index (χ2v) is 4.56. The van der Waals surface area contributed by atoms with Crippen molar-refractivity contribution in [2.75, 3.05) is 0 Å². The van der Waals surface area contributed by atoms with Crippen LogP contribution in [0.3, 0.4) is 0 Å². The van der Waals surface area contributed by atoms with E-state index in [9.17, 15) is 0 Å². The fraction of sp³-hybridized carbons (Fsp3) is 0.188. The van der Waals surface area contributed by atoms with Crippen molar-refractivity contribution in [3.8, 4) is 0 Å². The summed E-state index contributed by atoms with van der Waals surface area (Å²) in [5.74, 6) is 1.49. The van der Waals surface area contributed by atoms with Crippen LogP contribution in [0.15, 0.2) is 48.5 Å². The van der Waals surface area contributed by atoms with E-state index in [4.69, 9.17) is 0 Å². The van der Waals surface area contributed by atoms with Crippen molar-refractivity contribution >= 4 is 0 Å². The molecule has 0 nitrogen and oxygen atoms in total. The van der Waals surface area contributed by atoms with Gasteiger partial charge in [-0.15, -0.1) is 17.7 Å².